The molecule has 0 bridgehead atoms. The summed E-state index contributed by atoms with van der Waals surface area (Å²) in [5.74, 6) is -1.65. The Kier molecular flexibility index (Phi) is 5.24. The zero-order chi connectivity index (χ0) is 27.9. The fourth-order valence-corrected chi connectivity index (χ4v) is 5.81. The number of H-pyrrole nitrogens is 2. The van der Waals surface area contributed by atoms with Gasteiger partial charge < -0.3 is 10.3 Å². The highest BCUT2D eigenvalue weighted by atomic mass is 35.5. The molecular weight excluding hydrogens is 555 g/mol. The number of benzene rings is 3. The zero-order valence-electron chi connectivity index (χ0n) is 20.1. The van der Waals surface area contributed by atoms with E-state index in [1.54, 1.807) is 23.4 Å². The van der Waals surface area contributed by atoms with Crippen LogP contribution in [0.15, 0.2) is 48.8 Å². The van der Waals surface area contributed by atoms with Gasteiger partial charge in [-0.1, -0.05) is 11.6 Å². The van der Waals surface area contributed by atoms with Gasteiger partial charge in [0.15, 0.2) is 5.82 Å². The van der Waals surface area contributed by atoms with Crippen LogP contribution in [0.25, 0.3) is 33.5 Å². The summed E-state index contributed by atoms with van der Waals surface area (Å²) in [6.45, 7) is 0.357. The number of imidazole rings is 1. The van der Waals surface area contributed by atoms with Gasteiger partial charge in [-0.2, -0.15) is 18.3 Å². The quantitative estimate of drug-likeness (QED) is 0.210. The van der Waals surface area contributed by atoms with E-state index >= 15 is 0 Å². The van der Waals surface area contributed by atoms with Gasteiger partial charge in [0.25, 0.3) is 0 Å². The minimum Gasteiger partial charge on any atom is -0.338 e. The molecule has 2 amide bonds. The summed E-state index contributed by atoms with van der Waals surface area (Å²) >= 11 is 6.47. The topological polar surface area (TPSA) is 89.7 Å². The molecule has 0 fully saturated rings. The second-order valence-electron chi connectivity index (χ2n) is 9.59. The first-order valence-corrected chi connectivity index (χ1v) is 12.5. The fraction of sp³-hybridized carbons (Fsp3) is 0.148. The largest absolute Gasteiger partial charge is 0.416 e. The number of hydrogen-bond acceptors (Lipinski definition) is 3. The molecule has 2 aromatic heterocycles. The molecular formula is C27H16ClF5N6O. The number of nitrogens with one attached hydrogen (secondary N) is 3. The third-order valence-corrected chi connectivity index (χ3v) is 7.65. The third kappa shape index (κ3) is 3.66. The monoisotopic (exact) mass is 570 g/mol. The Morgan fingerprint density at radius 1 is 1.07 bits per heavy atom. The van der Waals surface area contributed by atoms with Gasteiger partial charge in [-0.05, 0) is 53.9 Å². The molecule has 5 aromatic rings. The van der Waals surface area contributed by atoms with E-state index in [9.17, 15) is 26.7 Å². The van der Waals surface area contributed by atoms with Crippen LogP contribution in [-0.2, 0) is 12.6 Å². The highest BCUT2D eigenvalue weighted by Gasteiger charge is 2.41. The van der Waals surface area contributed by atoms with Crippen molar-refractivity contribution in [3.8, 4) is 22.5 Å². The number of aromatic amines is 2. The van der Waals surface area contributed by atoms with Crippen LogP contribution < -0.4 is 10.2 Å². The van der Waals surface area contributed by atoms with Crippen molar-refractivity contribution in [3.63, 3.8) is 0 Å². The van der Waals surface area contributed by atoms with Crippen molar-refractivity contribution in [2.24, 2.45) is 0 Å². The van der Waals surface area contributed by atoms with E-state index < -0.39 is 35.4 Å². The predicted molar refractivity (Wildman–Crippen MR) is 137 cm³/mol. The van der Waals surface area contributed by atoms with Crippen molar-refractivity contribution in [1.82, 2.24) is 25.5 Å². The van der Waals surface area contributed by atoms with E-state index in [2.05, 4.69) is 25.5 Å². The van der Waals surface area contributed by atoms with Crippen molar-refractivity contribution in [2.45, 2.75) is 18.6 Å². The molecule has 4 heterocycles. The van der Waals surface area contributed by atoms with E-state index in [-0.39, 0.29) is 27.4 Å². The number of alkyl halides is 3. The first-order chi connectivity index (χ1) is 19.1. The molecule has 13 heteroatoms. The number of hydrogen-bond donors (Lipinski definition) is 3. The van der Waals surface area contributed by atoms with Gasteiger partial charge in [0.2, 0.25) is 0 Å². The number of fused-ring (bicyclic) bond motifs is 1. The zero-order valence-corrected chi connectivity index (χ0v) is 20.9. The summed E-state index contributed by atoms with van der Waals surface area (Å²) in [5, 5.41) is 9.86. The molecule has 202 valence electrons. The number of halogens is 6. The van der Waals surface area contributed by atoms with Crippen LogP contribution in [0.4, 0.5) is 32.4 Å². The fourth-order valence-electron chi connectivity index (χ4n) is 5.58. The number of anilines is 1. The number of urea groups is 1. The van der Waals surface area contributed by atoms with Crippen LogP contribution in [-0.4, -0.2) is 32.7 Å². The average molecular weight is 571 g/mol. The lowest BCUT2D eigenvalue weighted by Gasteiger charge is -2.35. The number of carbonyl (C=O) groups is 1. The van der Waals surface area contributed by atoms with Gasteiger partial charge in [-0.25, -0.2) is 18.6 Å². The minimum atomic E-state index is -4.77. The normalized spacial score (nSPS) is 16.5. The maximum atomic E-state index is 14.9. The average Bonchev–Trinajstić information content (AvgIpc) is 3.67. The Bertz CT molecular complexity index is 1850. The first kappa shape index (κ1) is 24.6. The van der Waals surface area contributed by atoms with Crippen LogP contribution >= 0.6 is 11.6 Å². The Labute approximate surface area is 227 Å². The molecule has 0 radical (unpaired) electrons. The second kappa shape index (κ2) is 8.52. The summed E-state index contributed by atoms with van der Waals surface area (Å²) in [7, 11) is 0. The highest BCUT2D eigenvalue weighted by Crippen LogP contribution is 2.50. The highest BCUT2D eigenvalue weighted by molar-refractivity contribution is 6.31. The molecule has 7 rings (SSSR count). The lowest BCUT2D eigenvalue weighted by Crippen LogP contribution is -2.46. The maximum absolute atomic E-state index is 14.9. The number of amides is 2. The third-order valence-electron chi connectivity index (χ3n) is 7.30. The number of nitrogens with zero attached hydrogens (tertiary/aromatic N) is 3. The minimum absolute atomic E-state index is 0.0660. The Morgan fingerprint density at radius 3 is 2.65 bits per heavy atom. The molecule has 0 saturated heterocycles. The molecule has 1 unspecified atom stereocenters. The smallest absolute Gasteiger partial charge is 0.338 e. The van der Waals surface area contributed by atoms with E-state index in [1.807, 2.05) is 0 Å². The molecule has 0 aliphatic carbocycles. The molecule has 2 aliphatic rings. The molecule has 2 aliphatic heterocycles. The summed E-state index contributed by atoms with van der Waals surface area (Å²) in [6, 6.07) is 5.38. The van der Waals surface area contributed by atoms with Gasteiger partial charge in [0, 0.05) is 40.0 Å². The van der Waals surface area contributed by atoms with Gasteiger partial charge in [0.1, 0.15) is 17.2 Å². The van der Waals surface area contributed by atoms with E-state index in [1.165, 1.54) is 18.2 Å². The molecule has 7 nitrogen and oxygen atoms in total. The van der Waals surface area contributed by atoms with Gasteiger partial charge >= 0.3 is 12.2 Å². The lowest BCUT2D eigenvalue weighted by atomic mass is 9.85. The van der Waals surface area contributed by atoms with Gasteiger partial charge in [-0.15, -0.1) is 0 Å². The SMILES string of the molecule is O=C1NC(c2cc(F)ccc2Cl)c2c(-c3nc4c(F)cc(C(F)(F)F)cc4[nH]3)cc(-c3cn[nH]c3)c3c2N1CC3. The van der Waals surface area contributed by atoms with Crippen molar-refractivity contribution >= 4 is 34.4 Å². The van der Waals surface area contributed by atoms with E-state index in [0.717, 1.165) is 11.6 Å². The van der Waals surface area contributed by atoms with Crippen molar-refractivity contribution < 1.29 is 26.7 Å². The molecule has 1 atom stereocenters. The lowest BCUT2D eigenvalue weighted by molar-refractivity contribution is -0.137. The van der Waals surface area contributed by atoms with Crippen molar-refractivity contribution in [3.05, 3.63) is 87.7 Å². The molecule has 0 spiro atoms. The molecule has 40 heavy (non-hydrogen) atoms. The van der Waals surface area contributed by atoms with E-state index in [4.69, 9.17) is 11.6 Å². The second-order valence-corrected chi connectivity index (χ2v) is 9.99. The molecule has 3 N–H and O–H groups in total. The standard InChI is InChI=1S/C27H16ClF5N6O/c28-18-2-1-13(29)7-16(18)22-21-17(25-36-20-6-12(27(31,32)33)5-19(30)23(20)37-25)8-15(11-9-34-35-10-11)14-3-4-39(24(14)21)26(40)38-22/h1-2,5-10,22H,3-4H2,(H,34,35)(H,36,37)(H,38,40). The van der Waals surface area contributed by atoms with Gasteiger partial charge in [-0.3, -0.25) is 10.00 Å². The molecule has 3 aromatic carbocycles. The Balaban J connectivity index is 1.55. The predicted octanol–water partition coefficient (Wildman–Crippen LogP) is 6.75. The van der Waals surface area contributed by atoms with Crippen LogP contribution in [0.5, 0.6) is 0 Å². The summed E-state index contributed by atoms with van der Waals surface area (Å²) < 4.78 is 69.5. The summed E-state index contributed by atoms with van der Waals surface area (Å²) in [4.78, 5) is 22.0. The Hall–Kier alpha value is -4.45. The van der Waals surface area contributed by atoms with Crippen LogP contribution in [0.3, 0.4) is 0 Å². The summed E-state index contributed by atoms with van der Waals surface area (Å²) in [6.07, 6.45) is -0.993. The maximum Gasteiger partial charge on any atom is 0.416 e. The van der Waals surface area contributed by atoms with Crippen LogP contribution in [0, 0.1) is 11.6 Å². The van der Waals surface area contributed by atoms with Crippen LogP contribution in [0.2, 0.25) is 5.02 Å². The van der Waals surface area contributed by atoms with E-state index in [0.29, 0.717) is 47.0 Å². The number of rotatable bonds is 3. The van der Waals surface area contributed by atoms with Crippen molar-refractivity contribution in [2.75, 3.05) is 11.4 Å². The first-order valence-electron chi connectivity index (χ1n) is 12.1. The van der Waals surface area contributed by atoms with Crippen LogP contribution in [0.1, 0.15) is 28.3 Å². The number of carbonyl (C=O) groups excluding carboxylic acids is 1. The Morgan fingerprint density at radius 2 is 1.90 bits per heavy atom. The molecule has 0 saturated carbocycles. The summed E-state index contributed by atoms with van der Waals surface area (Å²) in [5.41, 5.74) is 2.35. The van der Waals surface area contributed by atoms with Crippen molar-refractivity contribution in [1.29, 1.82) is 0 Å². The van der Waals surface area contributed by atoms with Gasteiger partial charge in [0.05, 0.1) is 29.0 Å². The number of aromatic nitrogens is 4.